The molecule has 0 aliphatic carbocycles. The minimum absolute atomic E-state index is 0.00766. The van der Waals surface area contributed by atoms with Gasteiger partial charge in [0.15, 0.2) is 18.0 Å². The SMILES string of the molecule is C[C@@H]1CC=[N+]([O-])[C@@H]([C@@H](CO)CC2(C)OCCO2)C1. The number of aliphatic hydroxyl groups excluding tert-OH is 1. The molecule has 0 radical (unpaired) electrons. The van der Waals surface area contributed by atoms with Gasteiger partial charge in [0, 0.05) is 19.3 Å². The summed E-state index contributed by atoms with van der Waals surface area (Å²) in [4.78, 5) is 0. The van der Waals surface area contributed by atoms with Gasteiger partial charge in [-0.1, -0.05) is 6.92 Å². The summed E-state index contributed by atoms with van der Waals surface area (Å²) in [5.74, 6) is -0.258. The van der Waals surface area contributed by atoms with Crippen molar-refractivity contribution in [2.24, 2.45) is 11.8 Å². The molecule has 5 nitrogen and oxygen atoms in total. The smallest absolute Gasteiger partial charge is 0.168 e. The van der Waals surface area contributed by atoms with Crippen LogP contribution in [0.25, 0.3) is 0 Å². The summed E-state index contributed by atoms with van der Waals surface area (Å²) in [7, 11) is 0. The zero-order valence-corrected chi connectivity index (χ0v) is 11.2. The molecule has 1 saturated heterocycles. The molecule has 3 atom stereocenters. The lowest BCUT2D eigenvalue weighted by Crippen LogP contribution is -2.42. The lowest BCUT2D eigenvalue weighted by molar-refractivity contribution is -0.518. The van der Waals surface area contributed by atoms with Gasteiger partial charge in [0.05, 0.1) is 25.7 Å². The van der Waals surface area contributed by atoms with Gasteiger partial charge in [0.25, 0.3) is 0 Å². The standard InChI is InChI=1S/C13H23NO4/c1-10-3-4-14(16)12(7-10)11(9-15)8-13(2)17-5-6-18-13/h4,10-12,15H,3,5-9H2,1-2H3/t10-,11-,12-/m1/s1. The first-order valence-electron chi connectivity index (χ1n) is 6.71. The predicted octanol–water partition coefficient (Wildman–Crippen LogP) is 1.13. The first-order chi connectivity index (χ1) is 8.54. The Kier molecular flexibility index (Phi) is 4.25. The Morgan fingerprint density at radius 2 is 2.17 bits per heavy atom. The molecule has 0 saturated carbocycles. The molecule has 0 amide bonds. The van der Waals surface area contributed by atoms with Gasteiger partial charge in [-0.25, -0.2) is 4.74 Å². The number of aliphatic hydroxyl groups is 1. The normalized spacial score (nSPS) is 33.2. The fraction of sp³-hybridized carbons (Fsp3) is 0.923. The van der Waals surface area contributed by atoms with E-state index in [4.69, 9.17) is 9.47 Å². The van der Waals surface area contributed by atoms with E-state index < -0.39 is 5.79 Å². The van der Waals surface area contributed by atoms with Crippen molar-refractivity contribution in [2.45, 2.75) is 44.9 Å². The molecule has 0 aromatic heterocycles. The maximum Gasteiger partial charge on any atom is 0.168 e. The first kappa shape index (κ1) is 13.8. The minimum atomic E-state index is -0.644. The van der Waals surface area contributed by atoms with Gasteiger partial charge >= 0.3 is 0 Å². The number of hydroxylamine groups is 1. The Morgan fingerprint density at radius 1 is 1.50 bits per heavy atom. The summed E-state index contributed by atoms with van der Waals surface area (Å²) in [5, 5.41) is 21.5. The number of hydrogen-bond acceptors (Lipinski definition) is 4. The Hall–Kier alpha value is -0.650. The summed E-state index contributed by atoms with van der Waals surface area (Å²) in [6.45, 7) is 5.18. The summed E-state index contributed by atoms with van der Waals surface area (Å²) in [6, 6.07) is -0.164. The molecule has 5 heteroatoms. The van der Waals surface area contributed by atoms with Gasteiger partial charge in [-0.2, -0.15) is 0 Å². The van der Waals surface area contributed by atoms with Crippen molar-refractivity contribution >= 4 is 6.21 Å². The zero-order chi connectivity index (χ0) is 13.2. The quantitative estimate of drug-likeness (QED) is 0.605. The summed E-state index contributed by atoms with van der Waals surface area (Å²) < 4.78 is 12.1. The van der Waals surface area contributed by atoms with Crippen LogP contribution in [0.2, 0.25) is 0 Å². The second-order valence-corrected chi connectivity index (χ2v) is 5.66. The molecule has 2 aliphatic rings. The highest BCUT2D eigenvalue weighted by Gasteiger charge is 2.40. The highest BCUT2D eigenvalue weighted by molar-refractivity contribution is 5.52. The van der Waals surface area contributed by atoms with Gasteiger partial charge in [0.1, 0.15) is 0 Å². The van der Waals surface area contributed by atoms with Crippen LogP contribution in [0.15, 0.2) is 0 Å². The second-order valence-electron chi connectivity index (χ2n) is 5.66. The van der Waals surface area contributed by atoms with Crippen LogP contribution >= 0.6 is 0 Å². The molecule has 0 spiro atoms. The van der Waals surface area contributed by atoms with Crippen molar-refractivity contribution < 1.29 is 19.3 Å². The molecule has 0 unspecified atom stereocenters. The molecule has 0 aromatic carbocycles. The Labute approximate surface area is 108 Å². The highest BCUT2D eigenvalue weighted by Crippen LogP contribution is 2.32. The van der Waals surface area contributed by atoms with Crippen molar-refractivity contribution in [3.05, 3.63) is 5.21 Å². The maximum absolute atomic E-state index is 11.9. The summed E-state index contributed by atoms with van der Waals surface area (Å²) in [6.07, 6.45) is 3.90. The lowest BCUT2D eigenvalue weighted by Gasteiger charge is -2.33. The molecular weight excluding hydrogens is 234 g/mol. The van der Waals surface area contributed by atoms with Crippen LogP contribution in [0.1, 0.15) is 33.1 Å². The molecule has 2 aliphatic heterocycles. The highest BCUT2D eigenvalue weighted by atomic mass is 16.7. The van der Waals surface area contributed by atoms with Crippen LogP contribution in [0.3, 0.4) is 0 Å². The van der Waals surface area contributed by atoms with Gasteiger partial charge in [-0.3, -0.25) is 0 Å². The molecule has 0 bridgehead atoms. The van der Waals surface area contributed by atoms with Gasteiger partial charge < -0.3 is 19.8 Å². The maximum atomic E-state index is 11.9. The Balaban J connectivity index is 2.03. The van der Waals surface area contributed by atoms with Crippen LogP contribution < -0.4 is 0 Å². The monoisotopic (exact) mass is 257 g/mol. The van der Waals surface area contributed by atoms with E-state index in [1.54, 1.807) is 6.21 Å². The van der Waals surface area contributed by atoms with Crippen molar-refractivity contribution in [1.29, 1.82) is 0 Å². The third-order valence-electron chi connectivity index (χ3n) is 3.97. The molecule has 104 valence electrons. The van der Waals surface area contributed by atoms with E-state index in [9.17, 15) is 10.3 Å². The van der Waals surface area contributed by atoms with E-state index in [0.717, 1.165) is 17.6 Å². The molecule has 1 N–H and O–H groups in total. The van der Waals surface area contributed by atoms with E-state index in [-0.39, 0.29) is 18.6 Å². The molecular formula is C13H23NO4. The largest absolute Gasteiger partial charge is 0.624 e. The van der Waals surface area contributed by atoms with Gasteiger partial charge in [0.2, 0.25) is 0 Å². The van der Waals surface area contributed by atoms with E-state index in [1.807, 2.05) is 6.92 Å². The fourth-order valence-electron chi connectivity index (χ4n) is 2.91. The molecule has 2 heterocycles. The molecule has 18 heavy (non-hydrogen) atoms. The average molecular weight is 257 g/mol. The third-order valence-corrected chi connectivity index (χ3v) is 3.97. The molecule has 2 rings (SSSR count). The predicted molar refractivity (Wildman–Crippen MR) is 67.4 cm³/mol. The van der Waals surface area contributed by atoms with E-state index in [0.29, 0.717) is 25.6 Å². The summed E-state index contributed by atoms with van der Waals surface area (Å²) in [5.41, 5.74) is 0. The fourth-order valence-corrected chi connectivity index (χ4v) is 2.91. The molecule has 1 fully saturated rings. The van der Waals surface area contributed by atoms with Crippen LogP contribution in [0, 0.1) is 17.0 Å². The van der Waals surface area contributed by atoms with Gasteiger partial charge in [-0.15, -0.1) is 0 Å². The van der Waals surface area contributed by atoms with Crippen LogP contribution in [-0.4, -0.2) is 47.7 Å². The Bertz CT molecular complexity index is 312. The third kappa shape index (κ3) is 3.02. The van der Waals surface area contributed by atoms with Crippen LogP contribution in [-0.2, 0) is 9.47 Å². The average Bonchev–Trinajstić information content (AvgIpc) is 2.77. The van der Waals surface area contributed by atoms with Crippen molar-refractivity contribution in [2.75, 3.05) is 19.8 Å². The number of hydrogen-bond donors (Lipinski definition) is 1. The van der Waals surface area contributed by atoms with Crippen molar-refractivity contribution in [3.63, 3.8) is 0 Å². The topological polar surface area (TPSA) is 64.8 Å². The van der Waals surface area contributed by atoms with Crippen LogP contribution in [0.5, 0.6) is 0 Å². The lowest BCUT2D eigenvalue weighted by atomic mass is 9.85. The minimum Gasteiger partial charge on any atom is -0.624 e. The van der Waals surface area contributed by atoms with Gasteiger partial charge in [-0.05, 0) is 12.8 Å². The van der Waals surface area contributed by atoms with E-state index in [2.05, 4.69) is 6.92 Å². The first-order valence-corrected chi connectivity index (χ1v) is 6.71. The zero-order valence-electron chi connectivity index (χ0n) is 11.2. The Morgan fingerprint density at radius 3 is 2.78 bits per heavy atom. The number of nitrogens with zero attached hydrogens (tertiary/aromatic N) is 1. The number of rotatable bonds is 4. The molecule has 0 aromatic rings. The van der Waals surface area contributed by atoms with Crippen LogP contribution in [0.4, 0.5) is 0 Å². The van der Waals surface area contributed by atoms with Crippen molar-refractivity contribution in [3.8, 4) is 0 Å². The summed E-state index contributed by atoms with van der Waals surface area (Å²) >= 11 is 0. The van der Waals surface area contributed by atoms with E-state index in [1.165, 1.54) is 0 Å². The van der Waals surface area contributed by atoms with E-state index >= 15 is 0 Å². The second kappa shape index (κ2) is 5.55. The van der Waals surface area contributed by atoms with Crippen molar-refractivity contribution in [1.82, 2.24) is 0 Å². The number of ether oxygens (including phenoxy) is 2.